The van der Waals surface area contributed by atoms with Crippen LogP contribution in [0.2, 0.25) is 0 Å². The van der Waals surface area contributed by atoms with Crippen molar-refractivity contribution in [1.82, 2.24) is 0 Å². The Morgan fingerprint density at radius 3 is 2.18 bits per heavy atom. The predicted molar refractivity (Wildman–Crippen MR) is 66.3 cm³/mol. The molecule has 0 aliphatic heterocycles. The van der Waals surface area contributed by atoms with Gasteiger partial charge in [-0.15, -0.1) is 0 Å². The smallest absolute Gasteiger partial charge is 0.354 e. The molecule has 0 aromatic heterocycles. The van der Waals surface area contributed by atoms with Crippen molar-refractivity contribution in [3.8, 4) is 0 Å². The van der Waals surface area contributed by atoms with Crippen molar-refractivity contribution >= 4 is 35.1 Å². The van der Waals surface area contributed by atoms with E-state index in [0.717, 1.165) is 12.8 Å². The standard InChI is InChI=1S/C11H18Cl2O4/c1-7(2)5-4-6-8(3)17-10(16)11(12,13)9(14)15/h7-8H,4-6H2,1-3H3,(H,14,15). The second-order valence-electron chi connectivity index (χ2n) is 4.42. The van der Waals surface area contributed by atoms with E-state index in [4.69, 9.17) is 33.0 Å². The van der Waals surface area contributed by atoms with Crippen LogP contribution in [-0.2, 0) is 14.3 Å². The summed E-state index contributed by atoms with van der Waals surface area (Å²) in [6, 6.07) is 0. The van der Waals surface area contributed by atoms with Crippen LogP contribution < -0.4 is 0 Å². The number of carbonyl (C=O) groups is 2. The first-order valence-electron chi connectivity index (χ1n) is 5.50. The second-order valence-corrected chi connectivity index (χ2v) is 5.75. The first-order valence-corrected chi connectivity index (χ1v) is 6.25. The normalized spacial score (nSPS) is 13.5. The van der Waals surface area contributed by atoms with Crippen LogP contribution in [0.3, 0.4) is 0 Å². The van der Waals surface area contributed by atoms with Crippen LogP contribution in [0.4, 0.5) is 0 Å². The van der Waals surface area contributed by atoms with E-state index in [9.17, 15) is 9.59 Å². The highest BCUT2D eigenvalue weighted by atomic mass is 35.5. The van der Waals surface area contributed by atoms with E-state index in [0.29, 0.717) is 12.3 Å². The minimum atomic E-state index is -2.52. The highest BCUT2D eigenvalue weighted by molar-refractivity contribution is 6.66. The van der Waals surface area contributed by atoms with Gasteiger partial charge in [0, 0.05) is 0 Å². The number of halogens is 2. The van der Waals surface area contributed by atoms with Crippen LogP contribution in [0.15, 0.2) is 0 Å². The predicted octanol–water partition coefficient (Wildman–Crippen LogP) is 3.00. The fourth-order valence-electron chi connectivity index (χ4n) is 1.22. The summed E-state index contributed by atoms with van der Waals surface area (Å²) in [7, 11) is 0. The molecule has 4 nitrogen and oxygen atoms in total. The quantitative estimate of drug-likeness (QED) is 0.443. The van der Waals surface area contributed by atoms with Gasteiger partial charge in [-0.3, -0.25) is 0 Å². The number of rotatable bonds is 7. The molecule has 6 heteroatoms. The summed E-state index contributed by atoms with van der Waals surface area (Å²) in [4.78, 5) is 21.9. The summed E-state index contributed by atoms with van der Waals surface area (Å²) < 4.78 is 2.35. The number of aliphatic carboxylic acids is 1. The lowest BCUT2D eigenvalue weighted by molar-refractivity contribution is -0.156. The van der Waals surface area contributed by atoms with Gasteiger partial charge in [0.05, 0.1) is 6.10 Å². The van der Waals surface area contributed by atoms with Crippen LogP contribution in [0.25, 0.3) is 0 Å². The van der Waals surface area contributed by atoms with Gasteiger partial charge in [-0.05, 0) is 25.7 Å². The Morgan fingerprint density at radius 1 is 1.24 bits per heavy atom. The number of alkyl halides is 2. The van der Waals surface area contributed by atoms with Crippen molar-refractivity contribution in [2.75, 3.05) is 0 Å². The lowest BCUT2D eigenvalue weighted by atomic mass is 10.0. The van der Waals surface area contributed by atoms with E-state index in [-0.39, 0.29) is 0 Å². The lowest BCUT2D eigenvalue weighted by Gasteiger charge is -2.18. The van der Waals surface area contributed by atoms with Crippen molar-refractivity contribution in [1.29, 1.82) is 0 Å². The molecule has 0 fully saturated rings. The van der Waals surface area contributed by atoms with Crippen molar-refractivity contribution in [2.45, 2.75) is 50.5 Å². The van der Waals surface area contributed by atoms with Crippen LogP contribution in [0, 0.1) is 5.92 Å². The van der Waals surface area contributed by atoms with Gasteiger partial charge in [0.2, 0.25) is 0 Å². The molecule has 0 aromatic carbocycles. The number of ether oxygens (including phenoxy) is 1. The Kier molecular flexibility index (Phi) is 6.87. The van der Waals surface area contributed by atoms with Crippen molar-refractivity contribution in [2.24, 2.45) is 5.92 Å². The fourth-order valence-corrected chi connectivity index (χ4v) is 1.31. The molecular formula is C11H18Cl2O4. The molecule has 0 aliphatic rings. The van der Waals surface area contributed by atoms with E-state index in [2.05, 4.69) is 13.8 Å². The molecule has 0 aliphatic carbocycles. The SMILES string of the molecule is CC(C)CCCC(C)OC(=O)C(Cl)(Cl)C(=O)O. The maximum absolute atomic E-state index is 11.3. The summed E-state index contributed by atoms with van der Waals surface area (Å²) in [6.07, 6.45) is 2.19. The first-order chi connectivity index (χ1) is 7.67. The van der Waals surface area contributed by atoms with Gasteiger partial charge in [-0.2, -0.15) is 0 Å². The lowest BCUT2D eigenvalue weighted by Crippen LogP contribution is -2.38. The largest absolute Gasteiger partial charge is 0.479 e. The average Bonchev–Trinajstić information content (AvgIpc) is 2.16. The molecule has 100 valence electrons. The minimum Gasteiger partial charge on any atom is -0.479 e. The monoisotopic (exact) mass is 284 g/mol. The van der Waals surface area contributed by atoms with E-state index < -0.39 is 22.4 Å². The Balaban J connectivity index is 4.08. The first kappa shape index (κ1) is 16.5. The Hall–Kier alpha value is -0.480. The van der Waals surface area contributed by atoms with Crippen LogP contribution >= 0.6 is 23.2 Å². The molecule has 0 aromatic rings. The second kappa shape index (κ2) is 7.07. The van der Waals surface area contributed by atoms with Gasteiger partial charge in [-0.1, -0.05) is 43.5 Å². The number of esters is 1. The minimum absolute atomic E-state index is 0.391. The van der Waals surface area contributed by atoms with Gasteiger partial charge >= 0.3 is 16.3 Å². The van der Waals surface area contributed by atoms with Crippen LogP contribution in [0.5, 0.6) is 0 Å². The summed E-state index contributed by atoms with van der Waals surface area (Å²) in [6.45, 7) is 5.89. The Labute approximate surface area is 111 Å². The van der Waals surface area contributed by atoms with Crippen molar-refractivity contribution < 1.29 is 19.4 Å². The third-order valence-corrected chi connectivity index (χ3v) is 2.86. The molecule has 0 spiro atoms. The van der Waals surface area contributed by atoms with Gasteiger partial charge in [0.15, 0.2) is 0 Å². The summed E-state index contributed by atoms with van der Waals surface area (Å²) in [5, 5.41) is 8.61. The average molecular weight is 285 g/mol. The molecule has 1 N–H and O–H groups in total. The topological polar surface area (TPSA) is 63.6 Å². The van der Waals surface area contributed by atoms with E-state index >= 15 is 0 Å². The van der Waals surface area contributed by atoms with Gasteiger partial charge < -0.3 is 9.84 Å². The van der Waals surface area contributed by atoms with E-state index in [1.165, 1.54) is 0 Å². The molecule has 0 rings (SSSR count). The Morgan fingerprint density at radius 2 is 1.76 bits per heavy atom. The molecule has 1 atom stereocenters. The number of hydrogen-bond acceptors (Lipinski definition) is 3. The zero-order valence-corrected chi connectivity index (χ0v) is 11.7. The molecule has 1 unspecified atom stereocenters. The number of carbonyl (C=O) groups excluding carboxylic acids is 1. The number of carboxylic acids is 1. The number of hydrogen-bond donors (Lipinski definition) is 1. The maximum Gasteiger partial charge on any atom is 0.354 e. The third-order valence-electron chi connectivity index (χ3n) is 2.23. The molecule has 0 bridgehead atoms. The number of carboxylic acid groups (broad SMARTS) is 1. The van der Waals surface area contributed by atoms with Gasteiger partial charge in [0.1, 0.15) is 0 Å². The Bertz CT molecular complexity index is 277. The molecule has 0 saturated heterocycles. The van der Waals surface area contributed by atoms with E-state index in [1.54, 1.807) is 6.92 Å². The van der Waals surface area contributed by atoms with Crippen molar-refractivity contribution in [3.05, 3.63) is 0 Å². The summed E-state index contributed by atoms with van der Waals surface area (Å²) in [5.41, 5.74) is 0. The third kappa shape index (κ3) is 6.13. The van der Waals surface area contributed by atoms with Crippen LogP contribution in [-0.4, -0.2) is 27.5 Å². The zero-order valence-electron chi connectivity index (χ0n) is 10.2. The molecule has 0 radical (unpaired) electrons. The summed E-state index contributed by atoms with van der Waals surface area (Å²) in [5.74, 6) is -2.18. The van der Waals surface area contributed by atoms with Gasteiger partial charge in [0.25, 0.3) is 0 Å². The van der Waals surface area contributed by atoms with Crippen LogP contribution in [0.1, 0.15) is 40.0 Å². The van der Waals surface area contributed by atoms with Gasteiger partial charge in [-0.25, -0.2) is 9.59 Å². The highest BCUT2D eigenvalue weighted by Crippen LogP contribution is 2.24. The zero-order chi connectivity index (χ0) is 13.6. The van der Waals surface area contributed by atoms with E-state index in [1.807, 2.05) is 0 Å². The summed E-state index contributed by atoms with van der Waals surface area (Å²) >= 11 is 10.7. The molecule has 0 heterocycles. The van der Waals surface area contributed by atoms with Crippen molar-refractivity contribution in [3.63, 3.8) is 0 Å². The molecular weight excluding hydrogens is 267 g/mol. The molecule has 17 heavy (non-hydrogen) atoms. The molecule has 0 amide bonds. The fraction of sp³-hybridized carbons (Fsp3) is 0.818. The maximum atomic E-state index is 11.3. The molecule has 0 saturated carbocycles. The highest BCUT2D eigenvalue weighted by Gasteiger charge is 2.44.